The zero-order chi connectivity index (χ0) is 24.4. The molecule has 2 aliphatic heterocycles. The lowest BCUT2D eigenvalue weighted by Crippen LogP contribution is -2.58. The van der Waals surface area contributed by atoms with E-state index in [4.69, 9.17) is 0 Å². The summed E-state index contributed by atoms with van der Waals surface area (Å²) in [5, 5.41) is 3.71. The molecule has 2 aliphatic carbocycles. The summed E-state index contributed by atoms with van der Waals surface area (Å²) in [7, 11) is 0. The number of carbonyl (C=O) groups is 2. The highest BCUT2D eigenvalue weighted by molar-refractivity contribution is 5.97. The first kappa shape index (κ1) is 22.6. The van der Waals surface area contributed by atoms with Crippen LogP contribution in [0.15, 0.2) is 36.5 Å². The van der Waals surface area contributed by atoms with Crippen LogP contribution in [0.2, 0.25) is 0 Å². The summed E-state index contributed by atoms with van der Waals surface area (Å²) in [5.41, 5.74) is -1.88. The van der Waals surface area contributed by atoms with E-state index in [0.717, 1.165) is 30.4 Å². The standard InChI is InChI=1S/C25H28F3N5O2/c26-25(27,28)21-20(15-33(29-21)19-4-2-1-3-5-19)22(34)32-14-17-8-9-24(17,16-32)23(35)31-12-10-30(11-13-31)18-6-7-18/h1-5,15,17-18H,6-14,16H2. The van der Waals surface area contributed by atoms with Gasteiger partial charge in [0.2, 0.25) is 5.91 Å². The second-order valence-corrected chi connectivity index (χ2v) is 10.3. The third kappa shape index (κ3) is 3.82. The van der Waals surface area contributed by atoms with E-state index in [9.17, 15) is 22.8 Å². The van der Waals surface area contributed by atoms with Gasteiger partial charge in [0.25, 0.3) is 5.91 Å². The first-order valence-electron chi connectivity index (χ1n) is 12.3. The molecule has 0 radical (unpaired) electrons. The number of alkyl halides is 3. The van der Waals surface area contributed by atoms with E-state index in [-0.39, 0.29) is 18.4 Å². The Morgan fingerprint density at radius 1 is 0.971 bits per heavy atom. The van der Waals surface area contributed by atoms with E-state index in [1.807, 2.05) is 4.90 Å². The molecule has 2 saturated heterocycles. The van der Waals surface area contributed by atoms with Gasteiger partial charge in [0.1, 0.15) is 0 Å². The fourth-order valence-corrected chi connectivity index (χ4v) is 6.01. The Kier molecular flexibility index (Phi) is 5.21. The minimum atomic E-state index is -4.77. The molecule has 2 amide bonds. The number of nitrogens with zero attached hydrogens (tertiary/aromatic N) is 5. The van der Waals surface area contributed by atoms with Gasteiger partial charge in [0, 0.05) is 51.5 Å². The Morgan fingerprint density at radius 2 is 1.69 bits per heavy atom. The molecule has 35 heavy (non-hydrogen) atoms. The van der Waals surface area contributed by atoms with Gasteiger partial charge >= 0.3 is 6.18 Å². The second kappa shape index (κ2) is 8.08. The molecule has 10 heteroatoms. The zero-order valence-electron chi connectivity index (χ0n) is 19.4. The highest BCUT2D eigenvalue weighted by Crippen LogP contribution is 2.53. The van der Waals surface area contributed by atoms with E-state index in [1.54, 1.807) is 30.3 Å². The molecule has 4 aliphatic rings. The Balaban J connectivity index is 1.22. The normalized spacial score (nSPS) is 27.0. The lowest BCUT2D eigenvalue weighted by molar-refractivity contribution is -0.151. The topological polar surface area (TPSA) is 61.7 Å². The molecule has 4 fully saturated rings. The molecular weight excluding hydrogens is 459 g/mol. The molecular formula is C25H28F3N5O2. The average molecular weight is 488 g/mol. The van der Waals surface area contributed by atoms with Gasteiger partial charge in [-0.1, -0.05) is 18.2 Å². The number of hydrogen-bond donors (Lipinski definition) is 0. The van der Waals surface area contributed by atoms with Crippen LogP contribution >= 0.6 is 0 Å². The Morgan fingerprint density at radius 3 is 2.29 bits per heavy atom. The third-order valence-corrected chi connectivity index (χ3v) is 8.25. The highest BCUT2D eigenvalue weighted by Gasteiger charge is 2.60. The Labute approximate surface area is 201 Å². The number of para-hydroxylation sites is 1. The largest absolute Gasteiger partial charge is 0.435 e. The lowest BCUT2D eigenvalue weighted by atomic mass is 9.61. The molecule has 2 saturated carbocycles. The van der Waals surface area contributed by atoms with Crippen LogP contribution in [0.1, 0.15) is 41.7 Å². The molecule has 7 nitrogen and oxygen atoms in total. The minimum Gasteiger partial charge on any atom is -0.340 e. The zero-order valence-corrected chi connectivity index (χ0v) is 19.4. The molecule has 0 bridgehead atoms. The molecule has 2 atom stereocenters. The van der Waals surface area contributed by atoms with Gasteiger partial charge in [-0.25, -0.2) is 4.68 Å². The predicted molar refractivity (Wildman–Crippen MR) is 121 cm³/mol. The number of piperazine rings is 1. The summed E-state index contributed by atoms with van der Waals surface area (Å²) in [6.45, 7) is 3.58. The summed E-state index contributed by atoms with van der Waals surface area (Å²) in [5.74, 6) is -0.644. The number of likely N-dealkylation sites (tertiary alicyclic amines) is 1. The van der Waals surface area contributed by atoms with Gasteiger partial charge in [0.15, 0.2) is 5.69 Å². The molecule has 3 heterocycles. The monoisotopic (exact) mass is 487 g/mol. The van der Waals surface area contributed by atoms with Crippen molar-refractivity contribution in [2.24, 2.45) is 11.3 Å². The van der Waals surface area contributed by atoms with Crippen LogP contribution in [0.4, 0.5) is 13.2 Å². The number of amides is 2. The van der Waals surface area contributed by atoms with Crippen molar-refractivity contribution in [3.8, 4) is 5.69 Å². The van der Waals surface area contributed by atoms with Gasteiger partial charge in [-0.2, -0.15) is 18.3 Å². The maximum absolute atomic E-state index is 13.8. The number of halogens is 3. The van der Waals surface area contributed by atoms with Crippen molar-refractivity contribution >= 4 is 11.8 Å². The predicted octanol–water partition coefficient (Wildman–Crippen LogP) is 3.05. The van der Waals surface area contributed by atoms with Crippen molar-refractivity contribution in [2.45, 2.75) is 37.9 Å². The SMILES string of the molecule is O=C(c1cn(-c2ccccc2)nc1C(F)(F)F)N1CC2CCC2(C(=O)N2CCN(C3CC3)CC2)C1. The molecule has 0 N–H and O–H groups in total. The highest BCUT2D eigenvalue weighted by atomic mass is 19.4. The van der Waals surface area contributed by atoms with Crippen molar-refractivity contribution in [3.63, 3.8) is 0 Å². The lowest BCUT2D eigenvalue weighted by Gasteiger charge is -2.47. The van der Waals surface area contributed by atoms with Gasteiger partial charge in [-0.3, -0.25) is 14.5 Å². The number of benzene rings is 1. The molecule has 6 rings (SSSR count). The van der Waals surface area contributed by atoms with Crippen LogP contribution in [0.5, 0.6) is 0 Å². The summed E-state index contributed by atoms with van der Waals surface area (Å²) in [6.07, 6.45) is 0.353. The van der Waals surface area contributed by atoms with Crippen LogP contribution in [0.3, 0.4) is 0 Å². The van der Waals surface area contributed by atoms with Crippen LogP contribution in [-0.4, -0.2) is 81.6 Å². The van der Waals surface area contributed by atoms with E-state index in [1.165, 1.54) is 17.7 Å². The Bertz CT molecular complexity index is 1140. The van der Waals surface area contributed by atoms with Gasteiger partial charge in [0.05, 0.1) is 16.7 Å². The van der Waals surface area contributed by atoms with E-state index >= 15 is 0 Å². The molecule has 1 aromatic heterocycles. The first-order valence-corrected chi connectivity index (χ1v) is 12.3. The van der Waals surface area contributed by atoms with E-state index in [0.29, 0.717) is 37.8 Å². The maximum Gasteiger partial charge on any atom is 0.435 e. The Hall–Kier alpha value is -2.88. The van der Waals surface area contributed by atoms with Gasteiger partial charge in [-0.15, -0.1) is 0 Å². The smallest absolute Gasteiger partial charge is 0.340 e. The second-order valence-electron chi connectivity index (χ2n) is 10.3. The van der Waals surface area contributed by atoms with Crippen molar-refractivity contribution in [1.29, 1.82) is 0 Å². The summed E-state index contributed by atoms with van der Waals surface area (Å²) in [6, 6.07) is 9.09. The van der Waals surface area contributed by atoms with Crippen molar-refractivity contribution in [1.82, 2.24) is 24.5 Å². The first-order chi connectivity index (χ1) is 16.8. The number of fused-ring (bicyclic) bond motifs is 1. The molecule has 186 valence electrons. The molecule has 0 spiro atoms. The average Bonchev–Trinajstić information content (AvgIpc) is 3.53. The molecule has 2 unspecified atom stereocenters. The third-order valence-electron chi connectivity index (χ3n) is 8.25. The molecule has 1 aromatic carbocycles. The minimum absolute atomic E-state index is 0.00100. The number of aromatic nitrogens is 2. The fraction of sp³-hybridized carbons (Fsp3) is 0.560. The van der Waals surface area contributed by atoms with Gasteiger partial charge in [-0.05, 0) is 43.7 Å². The number of hydrogen-bond acceptors (Lipinski definition) is 4. The number of carbonyl (C=O) groups excluding carboxylic acids is 2. The van der Waals surface area contributed by atoms with Crippen molar-refractivity contribution in [2.75, 3.05) is 39.3 Å². The number of rotatable bonds is 4. The summed E-state index contributed by atoms with van der Waals surface area (Å²) < 4.78 is 42.6. The van der Waals surface area contributed by atoms with E-state index in [2.05, 4.69) is 10.00 Å². The molecule has 2 aromatic rings. The van der Waals surface area contributed by atoms with Crippen LogP contribution in [0.25, 0.3) is 5.69 Å². The maximum atomic E-state index is 13.8. The van der Waals surface area contributed by atoms with Gasteiger partial charge < -0.3 is 9.80 Å². The summed E-state index contributed by atoms with van der Waals surface area (Å²) in [4.78, 5) is 32.7. The summed E-state index contributed by atoms with van der Waals surface area (Å²) >= 11 is 0. The van der Waals surface area contributed by atoms with E-state index < -0.39 is 28.8 Å². The quantitative estimate of drug-likeness (QED) is 0.665. The van der Waals surface area contributed by atoms with Crippen LogP contribution in [-0.2, 0) is 11.0 Å². The van der Waals surface area contributed by atoms with Crippen molar-refractivity contribution < 1.29 is 22.8 Å². The van der Waals surface area contributed by atoms with Crippen LogP contribution in [0, 0.1) is 11.3 Å². The van der Waals surface area contributed by atoms with Crippen molar-refractivity contribution in [3.05, 3.63) is 47.8 Å². The van der Waals surface area contributed by atoms with Crippen LogP contribution < -0.4 is 0 Å². The fourth-order valence-electron chi connectivity index (χ4n) is 6.01.